The van der Waals surface area contributed by atoms with E-state index in [9.17, 15) is 9.59 Å². The monoisotopic (exact) mass is 513 g/mol. The third-order valence-corrected chi connectivity index (χ3v) is 7.96. The number of nitrogens with zero attached hydrogens (tertiary/aromatic N) is 4. The summed E-state index contributed by atoms with van der Waals surface area (Å²) in [6, 6.07) is 10.00. The Morgan fingerprint density at radius 3 is 2.87 bits per heavy atom. The van der Waals surface area contributed by atoms with Gasteiger partial charge in [-0.15, -0.1) is 0 Å². The van der Waals surface area contributed by atoms with E-state index >= 15 is 0 Å². The highest BCUT2D eigenvalue weighted by Gasteiger charge is 2.33. The van der Waals surface area contributed by atoms with Crippen molar-refractivity contribution >= 4 is 17.5 Å². The zero-order valence-corrected chi connectivity index (χ0v) is 21.9. The van der Waals surface area contributed by atoms with Crippen LogP contribution in [0.25, 0.3) is 0 Å². The molecule has 1 saturated carbocycles. The van der Waals surface area contributed by atoms with Crippen molar-refractivity contribution in [2.75, 3.05) is 18.5 Å². The molecule has 3 aromatic heterocycles. The molecule has 8 nitrogen and oxygen atoms in total. The van der Waals surface area contributed by atoms with Gasteiger partial charge < -0.3 is 19.5 Å². The fourth-order valence-electron chi connectivity index (χ4n) is 5.60. The van der Waals surface area contributed by atoms with E-state index in [1.807, 2.05) is 35.4 Å². The van der Waals surface area contributed by atoms with E-state index in [2.05, 4.69) is 32.1 Å². The summed E-state index contributed by atoms with van der Waals surface area (Å²) in [5.41, 5.74) is 4.01. The lowest BCUT2D eigenvalue weighted by Gasteiger charge is -2.35. The Kier molecular flexibility index (Phi) is 6.87. The molecule has 0 radical (unpaired) electrons. The number of rotatable bonds is 10. The summed E-state index contributed by atoms with van der Waals surface area (Å²) < 4.78 is 7.84. The van der Waals surface area contributed by atoms with E-state index in [1.54, 1.807) is 13.1 Å². The van der Waals surface area contributed by atoms with Gasteiger partial charge in [-0.3, -0.25) is 9.59 Å². The van der Waals surface area contributed by atoms with Gasteiger partial charge in [-0.1, -0.05) is 12.1 Å². The molecule has 2 aliphatic heterocycles. The number of aryl methyl sites for hydroxylation is 2. The summed E-state index contributed by atoms with van der Waals surface area (Å²) in [4.78, 5) is 36.6. The number of nitrogens with one attached hydrogen (secondary N) is 1. The fraction of sp³-hybridized carbons (Fsp3) is 0.467. The molecule has 3 aromatic rings. The third-order valence-electron chi connectivity index (χ3n) is 7.96. The topological polar surface area (TPSA) is 89.3 Å². The number of anilines is 1. The lowest BCUT2D eigenvalue weighted by atomic mass is 9.96. The molecular formula is C30H35N5O3. The fourth-order valence-corrected chi connectivity index (χ4v) is 5.60. The van der Waals surface area contributed by atoms with Crippen molar-refractivity contribution in [3.8, 4) is 5.88 Å². The number of carbonyl (C=O) groups is 2. The van der Waals surface area contributed by atoms with Crippen LogP contribution in [0.2, 0.25) is 0 Å². The van der Waals surface area contributed by atoms with Crippen molar-refractivity contribution in [2.45, 2.75) is 70.5 Å². The molecule has 38 heavy (non-hydrogen) atoms. The average molecular weight is 514 g/mol. The second-order valence-electron chi connectivity index (χ2n) is 11.0. The first-order valence-corrected chi connectivity index (χ1v) is 13.8. The molecule has 1 N–H and O–H groups in total. The largest absolute Gasteiger partial charge is 0.477 e. The number of ketones is 1. The number of Topliss-reactive ketones (excluding diaryl/α,β-unsaturated/α-hetero) is 1. The number of pyridine rings is 2. The minimum atomic E-state index is -0.337. The molecule has 0 aromatic carbocycles. The van der Waals surface area contributed by atoms with Crippen LogP contribution in [0.4, 0.5) is 5.82 Å². The number of hydrogen-bond donors (Lipinski definition) is 1. The Morgan fingerprint density at radius 1 is 1.18 bits per heavy atom. The molecule has 0 spiro atoms. The smallest absolute Gasteiger partial charge is 0.271 e. The lowest BCUT2D eigenvalue weighted by Crippen LogP contribution is -2.42. The van der Waals surface area contributed by atoms with Crippen molar-refractivity contribution in [3.63, 3.8) is 0 Å². The molecule has 6 rings (SSSR count). The Bertz CT molecular complexity index is 1310. The standard InChI is InChI=1S/C30H35N5O3/c1-20(36)15-26(24-8-11-28(32-17-24)38-19-21-4-5-21)35-14-13-34-18-22(16-27(34)30(35)37)6-9-25-10-7-23-3-2-12-31-29(23)33-25/h2-3,8,11-12,16-18,21,25-26H,4-7,9-10,13-15,19H2,1H3,(H,31,33)/t25?,26-/m0/s1. The molecule has 2 atom stereocenters. The van der Waals surface area contributed by atoms with Gasteiger partial charge in [0.2, 0.25) is 5.88 Å². The average Bonchev–Trinajstić information content (AvgIpc) is 3.67. The molecule has 8 heteroatoms. The van der Waals surface area contributed by atoms with Gasteiger partial charge in [-0.2, -0.15) is 0 Å². The number of ether oxygens (including phenoxy) is 1. The Morgan fingerprint density at radius 2 is 2.08 bits per heavy atom. The van der Waals surface area contributed by atoms with Crippen LogP contribution in [0.15, 0.2) is 48.9 Å². The molecule has 198 valence electrons. The van der Waals surface area contributed by atoms with Gasteiger partial charge in [0.25, 0.3) is 5.91 Å². The van der Waals surface area contributed by atoms with Gasteiger partial charge in [-0.05, 0) is 80.2 Å². The van der Waals surface area contributed by atoms with Crippen LogP contribution in [0.5, 0.6) is 5.88 Å². The van der Waals surface area contributed by atoms with E-state index in [-0.39, 0.29) is 24.2 Å². The van der Waals surface area contributed by atoms with Crippen LogP contribution < -0.4 is 10.1 Å². The molecule has 1 fully saturated rings. The van der Waals surface area contributed by atoms with E-state index < -0.39 is 0 Å². The van der Waals surface area contributed by atoms with Gasteiger partial charge in [0.15, 0.2) is 0 Å². The maximum Gasteiger partial charge on any atom is 0.271 e. The van der Waals surface area contributed by atoms with Gasteiger partial charge >= 0.3 is 0 Å². The maximum atomic E-state index is 13.6. The molecule has 0 bridgehead atoms. The first-order valence-electron chi connectivity index (χ1n) is 13.8. The van der Waals surface area contributed by atoms with Crippen LogP contribution in [0.3, 0.4) is 0 Å². The van der Waals surface area contributed by atoms with Gasteiger partial charge in [0.1, 0.15) is 17.3 Å². The highest BCUT2D eigenvalue weighted by Crippen LogP contribution is 2.32. The maximum absolute atomic E-state index is 13.6. The number of fused-ring (bicyclic) bond motifs is 2. The van der Waals surface area contributed by atoms with Crippen LogP contribution >= 0.6 is 0 Å². The van der Waals surface area contributed by atoms with Crippen LogP contribution in [-0.4, -0.2) is 50.3 Å². The number of amides is 1. The summed E-state index contributed by atoms with van der Waals surface area (Å²) in [5.74, 6) is 2.27. The van der Waals surface area contributed by atoms with Gasteiger partial charge in [0.05, 0.1) is 12.6 Å². The Labute approximate surface area is 223 Å². The molecule has 0 saturated heterocycles. The minimum absolute atomic E-state index is 0.0308. The lowest BCUT2D eigenvalue weighted by molar-refractivity contribution is -0.118. The van der Waals surface area contributed by atoms with E-state index in [1.165, 1.54) is 24.0 Å². The second kappa shape index (κ2) is 10.6. The number of hydrogen-bond acceptors (Lipinski definition) is 6. The summed E-state index contributed by atoms with van der Waals surface area (Å²) in [7, 11) is 0. The molecule has 1 aliphatic carbocycles. The van der Waals surface area contributed by atoms with E-state index in [4.69, 9.17) is 4.74 Å². The summed E-state index contributed by atoms with van der Waals surface area (Å²) >= 11 is 0. The highest BCUT2D eigenvalue weighted by atomic mass is 16.5. The highest BCUT2D eigenvalue weighted by molar-refractivity contribution is 5.94. The quantitative estimate of drug-likeness (QED) is 0.426. The zero-order valence-electron chi connectivity index (χ0n) is 21.9. The molecule has 5 heterocycles. The van der Waals surface area contributed by atoms with Crippen molar-refractivity contribution in [2.24, 2.45) is 5.92 Å². The number of aromatic nitrogens is 3. The molecular weight excluding hydrogens is 478 g/mol. The van der Waals surface area contributed by atoms with Crippen molar-refractivity contribution < 1.29 is 14.3 Å². The van der Waals surface area contributed by atoms with E-state index in [0.717, 1.165) is 37.1 Å². The minimum Gasteiger partial charge on any atom is -0.477 e. The van der Waals surface area contributed by atoms with Gasteiger partial charge in [-0.25, -0.2) is 9.97 Å². The SMILES string of the molecule is CC(=O)C[C@@H](c1ccc(OCC2CC2)nc1)N1CCn2cc(CCC3CCc4cccnc4N3)cc2C1=O. The van der Waals surface area contributed by atoms with Crippen molar-refractivity contribution in [3.05, 3.63) is 71.3 Å². The Balaban J connectivity index is 1.12. The first-order chi connectivity index (χ1) is 18.5. The van der Waals surface area contributed by atoms with Crippen molar-refractivity contribution in [1.82, 2.24) is 19.4 Å². The predicted octanol–water partition coefficient (Wildman–Crippen LogP) is 4.60. The second-order valence-corrected chi connectivity index (χ2v) is 11.0. The molecule has 1 amide bonds. The normalized spacial score (nSPS) is 19.3. The third kappa shape index (κ3) is 5.44. The number of carbonyl (C=O) groups excluding carboxylic acids is 2. The van der Waals surface area contributed by atoms with E-state index in [0.29, 0.717) is 43.2 Å². The van der Waals surface area contributed by atoms with Crippen LogP contribution in [-0.2, 0) is 24.2 Å². The molecule has 1 unspecified atom stereocenters. The zero-order chi connectivity index (χ0) is 26.1. The molecule has 3 aliphatic rings. The summed E-state index contributed by atoms with van der Waals surface area (Å²) in [6.07, 6.45) is 12.4. The van der Waals surface area contributed by atoms with Gasteiger partial charge in [0, 0.05) is 50.2 Å². The predicted molar refractivity (Wildman–Crippen MR) is 144 cm³/mol. The first kappa shape index (κ1) is 24.6. The summed E-state index contributed by atoms with van der Waals surface area (Å²) in [6.45, 7) is 3.55. The van der Waals surface area contributed by atoms with Crippen LogP contribution in [0, 0.1) is 5.92 Å². The summed E-state index contributed by atoms with van der Waals surface area (Å²) in [5, 5.41) is 3.58. The Hall–Kier alpha value is -3.68. The van der Waals surface area contributed by atoms with Crippen molar-refractivity contribution in [1.29, 1.82) is 0 Å². The van der Waals surface area contributed by atoms with Crippen LogP contribution in [0.1, 0.15) is 72.2 Å².